The Morgan fingerprint density at radius 1 is 1.39 bits per heavy atom. The average Bonchev–Trinajstić information content (AvgIpc) is 2.85. The number of aliphatic hydroxyl groups excluding tert-OH is 1. The molecule has 0 aromatic heterocycles. The van der Waals surface area contributed by atoms with Gasteiger partial charge in [0.15, 0.2) is 0 Å². The van der Waals surface area contributed by atoms with Gasteiger partial charge in [-0.15, -0.1) is 0 Å². The van der Waals surface area contributed by atoms with Crippen molar-refractivity contribution < 1.29 is 9.84 Å². The number of hydrogen-bond acceptors (Lipinski definition) is 4. The Morgan fingerprint density at radius 2 is 2.22 bits per heavy atom. The Labute approximate surface area is 111 Å². The molecule has 4 heteroatoms. The highest BCUT2D eigenvalue weighted by Crippen LogP contribution is 2.32. The summed E-state index contributed by atoms with van der Waals surface area (Å²) < 4.78 is 5.81. The molecule has 1 saturated carbocycles. The smallest absolute Gasteiger partial charge is 0.0702 e. The molecule has 0 spiro atoms. The van der Waals surface area contributed by atoms with Crippen LogP contribution in [-0.2, 0) is 4.74 Å². The van der Waals surface area contributed by atoms with Crippen molar-refractivity contribution in [1.29, 1.82) is 0 Å². The first-order valence-electron chi connectivity index (χ1n) is 7.31. The van der Waals surface area contributed by atoms with E-state index in [9.17, 15) is 5.11 Å². The third-order valence-electron chi connectivity index (χ3n) is 4.80. The van der Waals surface area contributed by atoms with Crippen molar-refractivity contribution >= 4 is 0 Å². The fourth-order valence-corrected chi connectivity index (χ4v) is 3.35. The van der Waals surface area contributed by atoms with Gasteiger partial charge in [-0.25, -0.2) is 0 Å². The highest BCUT2D eigenvalue weighted by molar-refractivity contribution is 4.98. The second-order valence-electron chi connectivity index (χ2n) is 6.01. The van der Waals surface area contributed by atoms with Gasteiger partial charge >= 0.3 is 0 Å². The topological polar surface area (TPSA) is 44.7 Å². The van der Waals surface area contributed by atoms with Crippen LogP contribution < -0.4 is 5.32 Å². The van der Waals surface area contributed by atoms with Crippen molar-refractivity contribution in [3.63, 3.8) is 0 Å². The van der Waals surface area contributed by atoms with E-state index in [-0.39, 0.29) is 12.1 Å². The van der Waals surface area contributed by atoms with Gasteiger partial charge in [0.05, 0.1) is 12.7 Å². The van der Waals surface area contributed by atoms with E-state index in [1.165, 1.54) is 25.7 Å². The standard InChI is InChI=1S/C14H28N2O2/c1-15-14(11-17)7-6-12(9-14)16(2)10-13-5-3-4-8-18-13/h12-13,15,17H,3-11H2,1-2H3. The SMILES string of the molecule is CNC1(CO)CCC(N(C)CC2CCCCO2)C1. The van der Waals surface area contributed by atoms with Gasteiger partial charge in [0.25, 0.3) is 0 Å². The molecule has 2 N–H and O–H groups in total. The molecule has 0 radical (unpaired) electrons. The van der Waals surface area contributed by atoms with Gasteiger partial charge in [-0.2, -0.15) is 0 Å². The van der Waals surface area contributed by atoms with Crippen LogP contribution in [0.5, 0.6) is 0 Å². The summed E-state index contributed by atoms with van der Waals surface area (Å²) in [4.78, 5) is 2.44. The zero-order valence-electron chi connectivity index (χ0n) is 11.8. The molecule has 2 rings (SSSR count). The molecule has 3 unspecified atom stereocenters. The molecule has 1 aliphatic heterocycles. The first-order valence-corrected chi connectivity index (χ1v) is 7.31. The summed E-state index contributed by atoms with van der Waals surface area (Å²) in [6, 6.07) is 0.579. The van der Waals surface area contributed by atoms with Crippen molar-refractivity contribution in [3.05, 3.63) is 0 Å². The van der Waals surface area contributed by atoms with Gasteiger partial charge < -0.3 is 20.1 Å². The summed E-state index contributed by atoms with van der Waals surface area (Å²) in [5.41, 5.74) is -0.0493. The summed E-state index contributed by atoms with van der Waals surface area (Å²) in [6.07, 6.45) is 7.43. The van der Waals surface area contributed by atoms with Crippen LogP contribution >= 0.6 is 0 Å². The van der Waals surface area contributed by atoms with Crippen molar-refractivity contribution in [2.75, 3.05) is 33.9 Å². The zero-order valence-corrected chi connectivity index (χ0v) is 11.8. The Morgan fingerprint density at radius 3 is 2.78 bits per heavy atom. The molecule has 2 fully saturated rings. The number of aliphatic hydroxyl groups is 1. The van der Waals surface area contributed by atoms with Crippen molar-refractivity contribution in [2.24, 2.45) is 0 Å². The number of hydrogen-bond donors (Lipinski definition) is 2. The van der Waals surface area contributed by atoms with E-state index in [0.717, 1.165) is 26.0 Å². The lowest BCUT2D eigenvalue weighted by atomic mass is 9.99. The van der Waals surface area contributed by atoms with Gasteiger partial charge in [0.2, 0.25) is 0 Å². The predicted octanol–water partition coefficient (Wildman–Crippen LogP) is 0.990. The molecule has 106 valence electrons. The highest BCUT2D eigenvalue weighted by Gasteiger charge is 2.39. The lowest BCUT2D eigenvalue weighted by molar-refractivity contribution is -0.00847. The Kier molecular flexibility index (Phi) is 5.01. The second-order valence-corrected chi connectivity index (χ2v) is 6.01. The summed E-state index contributed by atoms with van der Waals surface area (Å²) in [6.45, 7) is 2.21. The fourth-order valence-electron chi connectivity index (χ4n) is 3.35. The number of ether oxygens (including phenoxy) is 1. The summed E-state index contributed by atoms with van der Waals surface area (Å²) in [5.74, 6) is 0. The third kappa shape index (κ3) is 3.23. The maximum Gasteiger partial charge on any atom is 0.0702 e. The van der Waals surface area contributed by atoms with Crippen molar-refractivity contribution in [2.45, 2.75) is 56.2 Å². The minimum absolute atomic E-state index is 0.0493. The second kappa shape index (κ2) is 6.33. The van der Waals surface area contributed by atoms with Crippen molar-refractivity contribution in [1.82, 2.24) is 10.2 Å². The third-order valence-corrected chi connectivity index (χ3v) is 4.80. The average molecular weight is 256 g/mol. The van der Waals surface area contributed by atoms with Gasteiger partial charge in [0.1, 0.15) is 0 Å². The minimum Gasteiger partial charge on any atom is -0.394 e. The van der Waals surface area contributed by atoms with E-state index in [4.69, 9.17) is 4.74 Å². The van der Waals surface area contributed by atoms with Crippen LogP contribution in [0, 0.1) is 0 Å². The van der Waals surface area contributed by atoms with Gasteiger partial charge in [0, 0.05) is 24.7 Å². The van der Waals surface area contributed by atoms with E-state index in [2.05, 4.69) is 17.3 Å². The molecule has 1 saturated heterocycles. The number of rotatable bonds is 5. The Hall–Kier alpha value is -0.160. The maximum atomic E-state index is 9.53. The molecule has 3 atom stereocenters. The van der Waals surface area contributed by atoms with Crippen LogP contribution in [-0.4, -0.2) is 61.5 Å². The molecule has 2 aliphatic rings. The quantitative estimate of drug-likeness (QED) is 0.770. The monoisotopic (exact) mass is 256 g/mol. The predicted molar refractivity (Wildman–Crippen MR) is 72.7 cm³/mol. The van der Waals surface area contributed by atoms with Crippen molar-refractivity contribution in [3.8, 4) is 0 Å². The number of nitrogens with zero attached hydrogens (tertiary/aromatic N) is 1. The normalized spacial score (nSPS) is 37.3. The van der Waals surface area contributed by atoms with Crippen LogP contribution in [0.1, 0.15) is 38.5 Å². The van der Waals surface area contributed by atoms with E-state index < -0.39 is 0 Å². The molecule has 1 aliphatic carbocycles. The van der Waals surface area contributed by atoms with Crippen LogP contribution in [0.15, 0.2) is 0 Å². The largest absolute Gasteiger partial charge is 0.394 e. The first-order chi connectivity index (χ1) is 8.69. The lowest BCUT2D eigenvalue weighted by Gasteiger charge is -2.32. The van der Waals surface area contributed by atoms with Gasteiger partial charge in [-0.05, 0) is 52.6 Å². The van der Waals surface area contributed by atoms with E-state index in [1.54, 1.807) is 0 Å². The zero-order chi connectivity index (χ0) is 13.0. The summed E-state index contributed by atoms with van der Waals surface area (Å²) >= 11 is 0. The number of likely N-dealkylation sites (N-methyl/N-ethyl adjacent to an activating group) is 2. The van der Waals surface area contributed by atoms with Crippen LogP contribution in [0.25, 0.3) is 0 Å². The highest BCUT2D eigenvalue weighted by atomic mass is 16.5. The lowest BCUT2D eigenvalue weighted by Crippen LogP contribution is -2.46. The van der Waals surface area contributed by atoms with Crippen LogP contribution in [0.4, 0.5) is 0 Å². The molecule has 0 amide bonds. The molecule has 0 aromatic rings. The Balaban J connectivity index is 1.81. The van der Waals surface area contributed by atoms with Crippen LogP contribution in [0.3, 0.4) is 0 Å². The van der Waals surface area contributed by atoms with Gasteiger partial charge in [-0.1, -0.05) is 0 Å². The summed E-state index contributed by atoms with van der Waals surface area (Å²) in [5, 5.41) is 12.8. The Bertz CT molecular complexity index is 250. The molecule has 0 aromatic carbocycles. The maximum absolute atomic E-state index is 9.53. The molecule has 18 heavy (non-hydrogen) atoms. The van der Waals surface area contributed by atoms with Crippen LogP contribution in [0.2, 0.25) is 0 Å². The number of nitrogens with one attached hydrogen (secondary N) is 1. The molecule has 1 heterocycles. The molecular formula is C14H28N2O2. The summed E-state index contributed by atoms with van der Waals surface area (Å²) in [7, 11) is 4.16. The molecule has 0 bridgehead atoms. The van der Waals surface area contributed by atoms with E-state index in [0.29, 0.717) is 12.1 Å². The fraction of sp³-hybridized carbons (Fsp3) is 1.00. The molecule has 4 nitrogen and oxygen atoms in total. The molecular weight excluding hydrogens is 228 g/mol. The van der Waals surface area contributed by atoms with Gasteiger partial charge in [-0.3, -0.25) is 0 Å². The van der Waals surface area contributed by atoms with E-state index in [1.807, 2.05) is 7.05 Å². The minimum atomic E-state index is -0.0493. The van der Waals surface area contributed by atoms with E-state index >= 15 is 0 Å². The first kappa shape index (κ1) is 14.3.